The van der Waals surface area contributed by atoms with E-state index >= 15 is 0 Å². The minimum Gasteiger partial charge on any atom is -0.264 e. The lowest BCUT2D eigenvalue weighted by molar-refractivity contribution is 0.660. The molecule has 0 atom stereocenters. The lowest BCUT2D eigenvalue weighted by Crippen LogP contribution is -2.16. The maximum absolute atomic E-state index is 4.68. The number of nitrogens with zero attached hydrogens (tertiary/aromatic N) is 2. The molecule has 0 saturated heterocycles. The van der Waals surface area contributed by atoms with E-state index in [0.29, 0.717) is 0 Å². The number of hydrogen-bond acceptors (Lipinski definition) is 2. The number of rotatable bonds is 1. The highest BCUT2D eigenvalue weighted by Gasteiger charge is 2.39. The molecular formula is C20H18N2. The molecule has 1 aliphatic carbocycles. The molecule has 0 amide bonds. The molecule has 0 fully saturated rings. The van der Waals surface area contributed by atoms with Crippen LogP contribution < -0.4 is 0 Å². The topological polar surface area (TPSA) is 25.8 Å². The van der Waals surface area contributed by atoms with Crippen molar-refractivity contribution in [2.45, 2.75) is 26.2 Å². The van der Waals surface area contributed by atoms with Crippen molar-refractivity contribution in [2.75, 3.05) is 0 Å². The Labute approximate surface area is 130 Å². The first-order valence-corrected chi connectivity index (χ1v) is 7.61. The van der Waals surface area contributed by atoms with Gasteiger partial charge in [-0.2, -0.15) is 0 Å². The first kappa shape index (κ1) is 13.2. The summed E-state index contributed by atoms with van der Waals surface area (Å²) in [5.41, 5.74) is 8.77. The third-order valence-corrected chi connectivity index (χ3v) is 4.73. The van der Waals surface area contributed by atoms with Crippen LogP contribution in [0.25, 0.3) is 22.4 Å². The molecular weight excluding hydrogens is 268 g/mol. The van der Waals surface area contributed by atoms with Gasteiger partial charge in [-0.05, 0) is 41.3 Å². The quantitative estimate of drug-likeness (QED) is 0.644. The smallest absolute Gasteiger partial charge is 0.0748 e. The predicted octanol–water partition coefficient (Wildman–Crippen LogP) is 4.76. The molecule has 0 radical (unpaired) electrons. The van der Waals surface area contributed by atoms with Gasteiger partial charge in [0, 0.05) is 35.1 Å². The lowest BCUT2D eigenvalue weighted by Gasteiger charge is -2.24. The summed E-state index contributed by atoms with van der Waals surface area (Å²) in [5.74, 6) is 0. The van der Waals surface area contributed by atoms with Gasteiger partial charge in [-0.1, -0.05) is 38.1 Å². The normalized spacial score (nSPS) is 14.5. The van der Waals surface area contributed by atoms with Gasteiger partial charge in [-0.3, -0.25) is 9.97 Å². The molecule has 0 aliphatic heterocycles. The Balaban J connectivity index is 2.10. The average Bonchev–Trinajstić information content (AvgIpc) is 2.79. The fraction of sp³-hybridized carbons (Fsp3) is 0.200. The van der Waals surface area contributed by atoms with Crippen molar-refractivity contribution < 1.29 is 0 Å². The lowest BCUT2D eigenvalue weighted by atomic mass is 9.78. The summed E-state index contributed by atoms with van der Waals surface area (Å²) in [6, 6.07) is 12.8. The SMILES string of the molecule is Cc1ccc(-c2cccnc2)c2c1-c1ncccc1C2(C)C. The third kappa shape index (κ3) is 1.67. The Morgan fingerprint density at radius 3 is 2.55 bits per heavy atom. The average molecular weight is 286 g/mol. The fourth-order valence-corrected chi connectivity index (χ4v) is 3.67. The standard InChI is InChI=1S/C20H18N2/c1-13-8-9-15(14-6-4-10-21-12-14)18-17(13)19-16(20(18,2)3)7-5-11-22-19/h4-12H,1-3H3. The van der Waals surface area contributed by atoms with Crippen molar-refractivity contribution in [3.05, 3.63) is 71.7 Å². The van der Waals surface area contributed by atoms with E-state index in [2.05, 4.69) is 55.0 Å². The van der Waals surface area contributed by atoms with E-state index in [9.17, 15) is 0 Å². The highest BCUT2D eigenvalue weighted by molar-refractivity contribution is 5.87. The fourth-order valence-electron chi connectivity index (χ4n) is 3.67. The molecule has 2 heterocycles. The molecule has 2 nitrogen and oxygen atoms in total. The number of benzene rings is 1. The van der Waals surface area contributed by atoms with Crippen LogP contribution in [-0.4, -0.2) is 9.97 Å². The zero-order valence-corrected chi connectivity index (χ0v) is 13.1. The van der Waals surface area contributed by atoms with Gasteiger partial charge in [-0.15, -0.1) is 0 Å². The van der Waals surface area contributed by atoms with E-state index in [-0.39, 0.29) is 5.41 Å². The molecule has 3 aromatic rings. The van der Waals surface area contributed by atoms with Gasteiger partial charge in [-0.25, -0.2) is 0 Å². The van der Waals surface area contributed by atoms with Crippen molar-refractivity contribution in [1.29, 1.82) is 0 Å². The monoisotopic (exact) mass is 286 g/mol. The van der Waals surface area contributed by atoms with E-state index in [0.717, 1.165) is 5.69 Å². The van der Waals surface area contributed by atoms with Gasteiger partial charge in [0.2, 0.25) is 0 Å². The zero-order chi connectivity index (χ0) is 15.3. The molecule has 108 valence electrons. The van der Waals surface area contributed by atoms with Gasteiger partial charge in [0.1, 0.15) is 0 Å². The summed E-state index contributed by atoms with van der Waals surface area (Å²) in [5, 5.41) is 0. The Kier molecular flexibility index (Phi) is 2.70. The Morgan fingerprint density at radius 2 is 1.77 bits per heavy atom. The maximum atomic E-state index is 4.68. The summed E-state index contributed by atoms with van der Waals surface area (Å²) in [6.45, 7) is 6.75. The third-order valence-electron chi connectivity index (χ3n) is 4.73. The first-order valence-electron chi connectivity index (χ1n) is 7.61. The van der Waals surface area contributed by atoms with E-state index in [1.807, 2.05) is 30.7 Å². The van der Waals surface area contributed by atoms with Crippen LogP contribution in [0.15, 0.2) is 55.0 Å². The van der Waals surface area contributed by atoms with Crippen LogP contribution >= 0.6 is 0 Å². The molecule has 2 aromatic heterocycles. The number of aromatic nitrogens is 2. The molecule has 2 heteroatoms. The van der Waals surface area contributed by atoms with Gasteiger partial charge >= 0.3 is 0 Å². The van der Waals surface area contributed by atoms with Gasteiger partial charge < -0.3 is 0 Å². The second-order valence-corrected chi connectivity index (χ2v) is 6.45. The minimum absolute atomic E-state index is 0.0455. The Bertz CT molecular complexity index is 864. The Hall–Kier alpha value is -2.48. The number of pyridine rings is 2. The zero-order valence-electron chi connectivity index (χ0n) is 13.1. The number of hydrogen-bond donors (Lipinski definition) is 0. The second-order valence-electron chi connectivity index (χ2n) is 6.45. The molecule has 4 rings (SSSR count). The second kappa shape index (κ2) is 4.51. The largest absolute Gasteiger partial charge is 0.264 e. The van der Waals surface area contributed by atoms with Crippen molar-refractivity contribution in [3.8, 4) is 22.4 Å². The van der Waals surface area contributed by atoms with Crippen LogP contribution in [0.3, 0.4) is 0 Å². The Morgan fingerprint density at radius 1 is 0.955 bits per heavy atom. The summed E-state index contributed by atoms with van der Waals surface area (Å²) >= 11 is 0. The first-order chi connectivity index (χ1) is 10.6. The van der Waals surface area contributed by atoms with Crippen LogP contribution in [0.4, 0.5) is 0 Å². The molecule has 1 aromatic carbocycles. The molecule has 22 heavy (non-hydrogen) atoms. The van der Waals surface area contributed by atoms with Gasteiger partial charge in [0.15, 0.2) is 0 Å². The van der Waals surface area contributed by atoms with E-state index in [1.165, 1.54) is 33.4 Å². The van der Waals surface area contributed by atoms with Crippen LogP contribution in [0, 0.1) is 6.92 Å². The maximum Gasteiger partial charge on any atom is 0.0748 e. The minimum atomic E-state index is -0.0455. The molecule has 0 N–H and O–H groups in total. The van der Waals surface area contributed by atoms with E-state index < -0.39 is 0 Å². The molecule has 0 bridgehead atoms. The van der Waals surface area contributed by atoms with Crippen LogP contribution in [-0.2, 0) is 5.41 Å². The summed E-state index contributed by atoms with van der Waals surface area (Å²) < 4.78 is 0. The molecule has 0 spiro atoms. The predicted molar refractivity (Wildman–Crippen MR) is 89.8 cm³/mol. The van der Waals surface area contributed by atoms with Crippen molar-refractivity contribution in [2.24, 2.45) is 0 Å². The van der Waals surface area contributed by atoms with Crippen LogP contribution in [0.2, 0.25) is 0 Å². The summed E-state index contributed by atoms with van der Waals surface area (Å²) in [6.07, 6.45) is 5.65. The molecule has 1 aliphatic rings. The number of fused-ring (bicyclic) bond motifs is 3. The van der Waals surface area contributed by atoms with Crippen molar-refractivity contribution in [3.63, 3.8) is 0 Å². The van der Waals surface area contributed by atoms with E-state index in [1.54, 1.807) is 0 Å². The summed E-state index contributed by atoms with van der Waals surface area (Å²) in [7, 11) is 0. The van der Waals surface area contributed by atoms with E-state index in [4.69, 9.17) is 0 Å². The van der Waals surface area contributed by atoms with Gasteiger partial charge in [0.25, 0.3) is 0 Å². The highest BCUT2D eigenvalue weighted by atomic mass is 14.7. The van der Waals surface area contributed by atoms with Crippen molar-refractivity contribution in [1.82, 2.24) is 9.97 Å². The molecule has 0 unspecified atom stereocenters. The van der Waals surface area contributed by atoms with Crippen LogP contribution in [0.1, 0.15) is 30.5 Å². The summed E-state index contributed by atoms with van der Waals surface area (Å²) in [4.78, 5) is 8.97. The highest BCUT2D eigenvalue weighted by Crippen LogP contribution is 2.52. The van der Waals surface area contributed by atoms with Gasteiger partial charge in [0.05, 0.1) is 5.69 Å². The number of aryl methyl sites for hydroxylation is 1. The molecule has 0 saturated carbocycles. The van der Waals surface area contributed by atoms with Crippen molar-refractivity contribution >= 4 is 0 Å². The van der Waals surface area contributed by atoms with Crippen LogP contribution in [0.5, 0.6) is 0 Å².